The van der Waals surface area contributed by atoms with Crippen molar-refractivity contribution in [2.45, 2.75) is 45.6 Å². The quantitative estimate of drug-likeness (QED) is 0.832. The molecule has 1 aromatic carbocycles. The minimum atomic E-state index is 0.454. The normalized spacial score (nSPS) is 25.9. The topological polar surface area (TPSA) is 12.0 Å². The van der Waals surface area contributed by atoms with Crippen LogP contribution >= 0.6 is 15.9 Å². The molecule has 1 aromatic rings. The molecule has 18 heavy (non-hydrogen) atoms. The van der Waals surface area contributed by atoms with Crippen LogP contribution in [-0.4, -0.2) is 6.54 Å². The lowest BCUT2D eigenvalue weighted by atomic mass is 9.82. The zero-order chi connectivity index (χ0) is 13.0. The van der Waals surface area contributed by atoms with Crippen molar-refractivity contribution in [3.63, 3.8) is 0 Å². The fraction of sp³-hybridized carbons (Fsp3) is 0.625. The van der Waals surface area contributed by atoms with Crippen molar-refractivity contribution in [1.82, 2.24) is 5.32 Å². The van der Waals surface area contributed by atoms with Gasteiger partial charge in [-0.25, -0.2) is 0 Å². The summed E-state index contributed by atoms with van der Waals surface area (Å²) in [6.07, 6.45) is 5.66. The maximum atomic E-state index is 3.69. The molecule has 2 unspecified atom stereocenters. The van der Waals surface area contributed by atoms with Gasteiger partial charge >= 0.3 is 0 Å². The van der Waals surface area contributed by atoms with Crippen LogP contribution in [0.3, 0.4) is 0 Å². The van der Waals surface area contributed by atoms with E-state index in [1.165, 1.54) is 37.8 Å². The minimum absolute atomic E-state index is 0.454. The van der Waals surface area contributed by atoms with E-state index in [1.807, 2.05) is 0 Å². The summed E-state index contributed by atoms with van der Waals surface area (Å²) in [6, 6.07) is 9.10. The molecule has 1 aliphatic carbocycles. The average Bonchev–Trinajstić information content (AvgIpc) is 2.37. The highest BCUT2D eigenvalue weighted by molar-refractivity contribution is 9.10. The maximum Gasteiger partial charge on any atom is 0.0291 e. The van der Waals surface area contributed by atoms with Crippen LogP contribution in [0.4, 0.5) is 0 Å². The third kappa shape index (κ3) is 4.10. The molecular weight excluding hydrogens is 286 g/mol. The summed E-state index contributed by atoms with van der Waals surface area (Å²) in [7, 11) is 0. The molecule has 0 bridgehead atoms. The molecule has 0 amide bonds. The lowest BCUT2D eigenvalue weighted by molar-refractivity contribution is 0.268. The minimum Gasteiger partial charge on any atom is -0.310 e. The zero-order valence-corrected chi connectivity index (χ0v) is 13.0. The molecule has 1 saturated carbocycles. The van der Waals surface area contributed by atoms with E-state index in [-0.39, 0.29) is 0 Å². The van der Waals surface area contributed by atoms with Gasteiger partial charge < -0.3 is 5.32 Å². The Balaban J connectivity index is 1.80. The second-order valence-corrected chi connectivity index (χ2v) is 6.73. The van der Waals surface area contributed by atoms with E-state index in [4.69, 9.17) is 0 Å². The van der Waals surface area contributed by atoms with E-state index >= 15 is 0 Å². The molecule has 1 fully saturated rings. The largest absolute Gasteiger partial charge is 0.310 e. The third-order valence-electron chi connectivity index (χ3n) is 4.13. The van der Waals surface area contributed by atoms with Crippen molar-refractivity contribution in [1.29, 1.82) is 0 Å². The van der Waals surface area contributed by atoms with E-state index in [9.17, 15) is 0 Å². The van der Waals surface area contributed by atoms with Gasteiger partial charge in [-0.3, -0.25) is 0 Å². The number of halogens is 1. The number of benzene rings is 1. The highest BCUT2D eigenvalue weighted by atomic mass is 79.9. The van der Waals surface area contributed by atoms with Gasteiger partial charge in [0.05, 0.1) is 0 Å². The third-order valence-corrected chi connectivity index (χ3v) is 4.66. The maximum absolute atomic E-state index is 3.69. The molecule has 1 aliphatic rings. The molecule has 0 aromatic heterocycles. The van der Waals surface area contributed by atoms with E-state index in [0.29, 0.717) is 6.04 Å². The van der Waals surface area contributed by atoms with E-state index in [1.54, 1.807) is 0 Å². The van der Waals surface area contributed by atoms with Crippen LogP contribution in [0.5, 0.6) is 0 Å². The van der Waals surface area contributed by atoms with Crippen molar-refractivity contribution in [2.75, 3.05) is 6.54 Å². The fourth-order valence-corrected chi connectivity index (χ4v) is 3.22. The second-order valence-electron chi connectivity index (χ2n) is 5.82. The number of nitrogens with one attached hydrogen (secondary N) is 1. The van der Waals surface area contributed by atoms with Crippen molar-refractivity contribution in [2.24, 2.45) is 11.8 Å². The molecule has 2 heteroatoms. The first kappa shape index (κ1) is 14.1. The predicted octanol–water partition coefficient (Wildman–Crippen LogP) is 4.93. The van der Waals surface area contributed by atoms with Gasteiger partial charge in [0.2, 0.25) is 0 Å². The Hall–Kier alpha value is -0.340. The van der Waals surface area contributed by atoms with Crippen LogP contribution in [0.2, 0.25) is 0 Å². The van der Waals surface area contributed by atoms with Gasteiger partial charge in [-0.1, -0.05) is 47.8 Å². The lowest BCUT2D eigenvalue weighted by Crippen LogP contribution is -2.28. The van der Waals surface area contributed by atoms with Gasteiger partial charge in [-0.05, 0) is 55.8 Å². The highest BCUT2D eigenvalue weighted by Crippen LogP contribution is 2.28. The Morgan fingerprint density at radius 1 is 1.28 bits per heavy atom. The first-order valence-electron chi connectivity index (χ1n) is 7.14. The molecule has 2 rings (SSSR count). The summed E-state index contributed by atoms with van der Waals surface area (Å²) in [4.78, 5) is 0. The second kappa shape index (κ2) is 6.72. The number of hydrogen-bond acceptors (Lipinski definition) is 1. The van der Waals surface area contributed by atoms with Gasteiger partial charge in [0.1, 0.15) is 0 Å². The van der Waals surface area contributed by atoms with E-state index in [2.05, 4.69) is 59.4 Å². The first-order chi connectivity index (χ1) is 8.65. The van der Waals surface area contributed by atoms with Gasteiger partial charge in [-0.15, -0.1) is 0 Å². The Bertz CT molecular complexity index is 360. The molecule has 100 valence electrons. The number of rotatable bonds is 4. The lowest BCUT2D eigenvalue weighted by Gasteiger charge is -2.28. The van der Waals surface area contributed by atoms with Crippen molar-refractivity contribution < 1.29 is 0 Å². The predicted molar refractivity (Wildman–Crippen MR) is 81.7 cm³/mol. The summed E-state index contributed by atoms with van der Waals surface area (Å²) in [5, 5.41) is 3.69. The van der Waals surface area contributed by atoms with Crippen LogP contribution in [0, 0.1) is 11.8 Å². The fourth-order valence-electron chi connectivity index (χ4n) is 2.96. The highest BCUT2D eigenvalue weighted by Gasteiger charge is 2.19. The molecular formula is C16H24BrN. The van der Waals surface area contributed by atoms with Crippen LogP contribution in [0.15, 0.2) is 28.7 Å². The monoisotopic (exact) mass is 309 g/mol. The van der Waals surface area contributed by atoms with Crippen LogP contribution in [-0.2, 0) is 0 Å². The van der Waals surface area contributed by atoms with Crippen molar-refractivity contribution in [3.8, 4) is 0 Å². The Morgan fingerprint density at radius 2 is 2.00 bits per heavy atom. The Labute approximate surface area is 119 Å². The molecule has 0 heterocycles. The summed E-state index contributed by atoms with van der Waals surface area (Å²) >= 11 is 3.48. The Morgan fingerprint density at radius 3 is 2.67 bits per heavy atom. The molecule has 0 aliphatic heterocycles. The molecule has 0 saturated heterocycles. The van der Waals surface area contributed by atoms with E-state index < -0.39 is 0 Å². The van der Waals surface area contributed by atoms with Gasteiger partial charge in [-0.2, -0.15) is 0 Å². The molecule has 0 radical (unpaired) electrons. The molecule has 3 atom stereocenters. The zero-order valence-electron chi connectivity index (χ0n) is 11.5. The first-order valence-corrected chi connectivity index (χ1v) is 7.93. The van der Waals surface area contributed by atoms with Gasteiger partial charge in [0.25, 0.3) is 0 Å². The molecule has 0 spiro atoms. The Kier molecular flexibility index (Phi) is 5.25. The molecule has 1 nitrogen and oxygen atoms in total. The van der Waals surface area contributed by atoms with Crippen molar-refractivity contribution in [3.05, 3.63) is 34.3 Å². The SMILES string of the molecule is CC1CCCC(CN[C@@H](C)c2ccc(Br)cc2)C1. The van der Waals surface area contributed by atoms with Crippen LogP contribution in [0.1, 0.15) is 51.1 Å². The molecule has 1 N–H and O–H groups in total. The van der Waals surface area contributed by atoms with Gasteiger partial charge in [0, 0.05) is 10.5 Å². The number of hydrogen-bond donors (Lipinski definition) is 1. The average molecular weight is 310 g/mol. The van der Waals surface area contributed by atoms with Crippen LogP contribution in [0.25, 0.3) is 0 Å². The summed E-state index contributed by atoms with van der Waals surface area (Å²) < 4.78 is 1.15. The standard InChI is InChI=1S/C16H24BrN/c1-12-4-3-5-14(10-12)11-18-13(2)15-6-8-16(17)9-7-15/h6-9,12-14,18H,3-5,10-11H2,1-2H3/t12?,13-,14?/m0/s1. The van der Waals surface area contributed by atoms with Gasteiger partial charge in [0.15, 0.2) is 0 Å². The van der Waals surface area contributed by atoms with E-state index in [0.717, 1.165) is 16.3 Å². The summed E-state index contributed by atoms with van der Waals surface area (Å²) in [5.74, 6) is 1.81. The summed E-state index contributed by atoms with van der Waals surface area (Å²) in [6.45, 7) is 5.82. The van der Waals surface area contributed by atoms with Crippen molar-refractivity contribution >= 4 is 15.9 Å². The summed E-state index contributed by atoms with van der Waals surface area (Å²) in [5.41, 5.74) is 1.38. The van der Waals surface area contributed by atoms with Crippen LogP contribution < -0.4 is 5.32 Å². The smallest absolute Gasteiger partial charge is 0.0291 e.